The lowest BCUT2D eigenvalue weighted by molar-refractivity contribution is -0.138. The van der Waals surface area contributed by atoms with Crippen molar-refractivity contribution in [3.63, 3.8) is 0 Å². The fourth-order valence-electron chi connectivity index (χ4n) is 2.71. The molecule has 7 heteroatoms. The number of ether oxygens (including phenoxy) is 1. The Morgan fingerprint density at radius 3 is 2.48 bits per heavy atom. The minimum atomic E-state index is -0.837. The summed E-state index contributed by atoms with van der Waals surface area (Å²) in [5, 5.41) is 8.83. The lowest BCUT2D eigenvalue weighted by Gasteiger charge is -2.37. The number of halogens is 1. The van der Waals surface area contributed by atoms with Gasteiger partial charge in [-0.15, -0.1) is 0 Å². The SMILES string of the molecule is COc1ccc(C(=O)N2CCN(C(C)CC(=O)O)CC2)c(F)c1. The highest BCUT2D eigenvalue weighted by Gasteiger charge is 2.27. The lowest BCUT2D eigenvalue weighted by atomic mass is 10.1. The third kappa shape index (κ3) is 4.19. The number of carbonyl (C=O) groups is 2. The Morgan fingerprint density at radius 1 is 1.30 bits per heavy atom. The normalized spacial score (nSPS) is 16.9. The second kappa shape index (κ2) is 7.41. The molecule has 23 heavy (non-hydrogen) atoms. The predicted octanol–water partition coefficient (Wildman–Crippen LogP) is 1.46. The van der Waals surface area contributed by atoms with E-state index in [9.17, 15) is 14.0 Å². The summed E-state index contributed by atoms with van der Waals surface area (Å²) in [7, 11) is 1.44. The van der Waals surface area contributed by atoms with E-state index in [1.165, 1.54) is 19.2 Å². The number of aliphatic carboxylic acids is 1. The molecule has 1 saturated heterocycles. The molecule has 1 aromatic carbocycles. The summed E-state index contributed by atoms with van der Waals surface area (Å²) >= 11 is 0. The zero-order chi connectivity index (χ0) is 17.0. The molecule has 2 rings (SSSR count). The highest BCUT2D eigenvalue weighted by molar-refractivity contribution is 5.94. The number of hydrogen-bond donors (Lipinski definition) is 1. The average molecular weight is 324 g/mol. The van der Waals surface area contributed by atoms with Gasteiger partial charge < -0.3 is 14.7 Å². The maximum atomic E-state index is 14.0. The van der Waals surface area contributed by atoms with Crippen LogP contribution in [0.5, 0.6) is 5.75 Å². The Labute approximate surface area is 134 Å². The van der Waals surface area contributed by atoms with Crippen molar-refractivity contribution in [2.45, 2.75) is 19.4 Å². The number of carboxylic acid groups (broad SMARTS) is 1. The zero-order valence-electron chi connectivity index (χ0n) is 13.3. The van der Waals surface area contributed by atoms with E-state index in [0.717, 1.165) is 0 Å². The first-order valence-corrected chi connectivity index (χ1v) is 7.51. The van der Waals surface area contributed by atoms with E-state index in [2.05, 4.69) is 0 Å². The van der Waals surface area contributed by atoms with Gasteiger partial charge in [-0.25, -0.2) is 4.39 Å². The van der Waals surface area contributed by atoms with E-state index in [0.29, 0.717) is 31.9 Å². The van der Waals surface area contributed by atoms with Crippen LogP contribution in [0, 0.1) is 5.82 Å². The zero-order valence-corrected chi connectivity index (χ0v) is 13.3. The fraction of sp³-hybridized carbons (Fsp3) is 0.500. The molecule has 1 unspecified atom stereocenters. The quantitative estimate of drug-likeness (QED) is 0.888. The molecule has 0 saturated carbocycles. The van der Waals surface area contributed by atoms with Gasteiger partial charge in [-0.3, -0.25) is 14.5 Å². The van der Waals surface area contributed by atoms with Crippen molar-refractivity contribution >= 4 is 11.9 Å². The van der Waals surface area contributed by atoms with Gasteiger partial charge in [0.25, 0.3) is 5.91 Å². The predicted molar refractivity (Wildman–Crippen MR) is 82.1 cm³/mol. The number of amides is 1. The van der Waals surface area contributed by atoms with Gasteiger partial charge in [0.1, 0.15) is 11.6 Å². The molecule has 0 radical (unpaired) electrons. The molecule has 0 aromatic heterocycles. The van der Waals surface area contributed by atoms with Crippen LogP contribution in [0.15, 0.2) is 18.2 Å². The molecule has 0 bridgehead atoms. The Bertz CT molecular complexity index is 585. The van der Waals surface area contributed by atoms with Crippen molar-refractivity contribution in [3.8, 4) is 5.75 Å². The summed E-state index contributed by atoms with van der Waals surface area (Å²) in [6.45, 7) is 3.92. The smallest absolute Gasteiger partial charge is 0.304 e. The van der Waals surface area contributed by atoms with Crippen molar-refractivity contribution in [3.05, 3.63) is 29.6 Å². The average Bonchev–Trinajstić information content (AvgIpc) is 2.53. The van der Waals surface area contributed by atoms with E-state index in [1.54, 1.807) is 11.0 Å². The molecule has 1 aliphatic heterocycles. The minimum Gasteiger partial charge on any atom is -0.497 e. The van der Waals surface area contributed by atoms with E-state index in [-0.39, 0.29) is 23.9 Å². The van der Waals surface area contributed by atoms with Crippen LogP contribution >= 0.6 is 0 Å². The Kier molecular flexibility index (Phi) is 5.54. The van der Waals surface area contributed by atoms with Crippen molar-refractivity contribution in [1.29, 1.82) is 0 Å². The van der Waals surface area contributed by atoms with E-state index >= 15 is 0 Å². The third-order valence-corrected chi connectivity index (χ3v) is 4.10. The highest BCUT2D eigenvalue weighted by Crippen LogP contribution is 2.19. The van der Waals surface area contributed by atoms with Crippen LogP contribution in [0.25, 0.3) is 0 Å². The molecule has 0 aliphatic carbocycles. The van der Waals surface area contributed by atoms with E-state index in [1.807, 2.05) is 11.8 Å². The number of piperazine rings is 1. The van der Waals surface area contributed by atoms with E-state index < -0.39 is 11.8 Å². The Morgan fingerprint density at radius 2 is 1.96 bits per heavy atom. The molecule has 1 aliphatic rings. The molecule has 1 fully saturated rings. The summed E-state index contributed by atoms with van der Waals surface area (Å²) < 4.78 is 18.9. The maximum Gasteiger partial charge on any atom is 0.304 e. The molecular weight excluding hydrogens is 303 g/mol. The molecule has 1 aromatic rings. The topological polar surface area (TPSA) is 70.1 Å². The lowest BCUT2D eigenvalue weighted by Crippen LogP contribution is -2.51. The van der Waals surface area contributed by atoms with Crippen molar-refractivity contribution in [1.82, 2.24) is 9.80 Å². The largest absolute Gasteiger partial charge is 0.497 e. The van der Waals surface area contributed by atoms with Crippen molar-refractivity contribution in [2.24, 2.45) is 0 Å². The molecule has 1 N–H and O–H groups in total. The molecule has 1 heterocycles. The highest BCUT2D eigenvalue weighted by atomic mass is 19.1. The van der Waals surface area contributed by atoms with Gasteiger partial charge in [0.15, 0.2) is 0 Å². The second-order valence-electron chi connectivity index (χ2n) is 5.62. The third-order valence-electron chi connectivity index (χ3n) is 4.10. The van der Waals surface area contributed by atoms with Crippen LogP contribution in [-0.4, -0.2) is 66.1 Å². The molecule has 6 nitrogen and oxygen atoms in total. The van der Waals surface area contributed by atoms with Gasteiger partial charge in [-0.1, -0.05) is 0 Å². The maximum absolute atomic E-state index is 14.0. The van der Waals surface area contributed by atoms with Gasteiger partial charge >= 0.3 is 5.97 Å². The molecule has 0 spiro atoms. The first-order chi connectivity index (χ1) is 10.9. The van der Waals surface area contributed by atoms with Gasteiger partial charge in [-0.05, 0) is 19.1 Å². The van der Waals surface area contributed by atoms with Crippen LogP contribution in [0.3, 0.4) is 0 Å². The first kappa shape index (κ1) is 17.2. The Hall–Kier alpha value is -2.15. The van der Waals surface area contributed by atoms with Gasteiger partial charge in [0.2, 0.25) is 0 Å². The first-order valence-electron chi connectivity index (χ1n) is 7.51. The van der Waals surface area contributed by atoms with Crippen LogP contribution in [0.4, 0.5) is 4.39 Å². The number of methoxy groups -OCH3 is 1. The summed E-state index contributed by atoms with van der Waals surface area (Å²) in [5.74, 6) is -1.42. The summed E-state index contributed by atoms with van der Waals surface area (Å²) in [5.41, 5.74) is 0.0258. The molecule has 1 atom stereocenters. The summed E-state index contributed by atoms with van der Waals surface area (Å²) in [6, 6.07) is 4.10. The number of rotatable bonds is 5. The van der Waals surface area contributed by atoms with E-state index in [4.69, 9.17) is 9.84 Å². The minimum absolute atomic E-state index is 0.0258. The number of carboxylic acids is 1. The van der Waals surface area contributed by atoms with Crippen LogP contribution in [0.1, 0.15) is 23.7 Å². The van der Waals surface area contributed by atoms with Gasteiger partial charge in [-0.2, -0.15) is 0 Å². The molecule has 1 amide bonds. The standard InChI is InChI=1S/C16H21FN2O4/c1-11(9-15(20)21)18-5-7-19(8-6-18)16(22)13-4-3-12(23-2)10-14(13)17/h3-4,10-11H,5-9H2,1-2H3,(H,20,21). The number of hydrogen-bond acceptors (Lipinski definition) is 4. The van der Waals surface area contributed by atoms with Crippen molar-refractivity contribution in [2.75, 3.05) is 33.3 Å². The monoisotopic (exact) mass is 324 g/mol. The van der Waals surface area contributed by atoms with Crippen LogP contribution in [-0.2, 0) is 4.79 Å². The number of nitrogens with zero attached hydrogens (tertiary/aromatic N) is 2. The summed E-state index contributed by atoms with van der Waals surface area (Å²) in [4.78, 5) is 26.8. The van der Waals surface area contributed by atoms with Crippen LogP contribution in [0.2, 0.25) is 0 Å². The number of carbonyl (C=O) groups excluding carboxylic acids is 1. The van der Waals surface area contributed by atoms with Crippen LogP contribution < -0.4 is 4.74 Å². The second-order valence-corrected chi connectivity index (χ2v) is 5.62. The Balaban J connectivity index is 1.97. The molecular formula is C16H21FN2O4. The fourth-order valence-corrected chi connectivity index (χ4v) is 2.71. The van der Waals surface area contributed by atoms with Crippen molar-refractivity contribution < 1.29 is 23.8 Å². The molecule has 126 valence electrons. The van der Waals surface area contributed by atoms with Gasteiger partial charge in [0.05, 0.1) is 19.1 Å². The van der Waals surface area contributed by atoms with Gasteiger partial charge in [0, 0.05) is 38.3 Å². The summed E-state index contributed by atoms with van der Waals surface area (Å²) in [6.07, 6.45) is 0.0705. The number of benzene rings is 1.